The number of benzene rings is 2. The highest BCUT2D eigenvalue weighted by Gasteiger charge is 2.19. The van der Waals surface area contributed by atoms with Gasteiger partial charge in [0.1, 0.15) is 11.5 Å². The van der Waals surface area contributed by atoms with E-state index in [0.29, 0.717) is 0 Å². The molecule has 0 aromatic heterocycles. The summed E-state index contributed by atoms with van der Waals surface area (Å²) in [6, 6.07) is 16.7. The normalized spacial score (nSPS) is 16.1. The Bertz CT molecular complexity index is 575. The van der Waals surface area contributed by atoms with Crippen LogP contribution in [0, 0.1) is 0 Å². The zero-order valence-corrected chi connectivity index (χ0v) is 15.1. The minimum Gasteiger partial charge on any atom is -0.497 e. The highest BCUT2D eigenvalue weighted by molar-refractivity contribution is 7.94. The predicted octanol–water partition coefficient (Wildman–Crippen LogP) is 3.97. The minimum absolute atomic E-state index is 0.908. The molecule has 0 amide bonds. The molecule has 0 N–H and O–H groups in total. The fourth-order valence-electron chi connectivity index (χ4n) is 2.75. The van der Waals surface area contributed by atoms with Crippen LogP contribution in [0.1, 0.15) is 17.5 Å². The van der Waals surface area contributed by atoms with Crippen LogP contribution in [0.2, 0.25) is 0 Å². The highest BCUT2D eigenvalue weighted by atomic mass is 32.2. The van der Waals surface area contributed by atoms with E-state index in [4.69, 9.17) is 9.47 Å². The molecule has 128 valence electrons. The Morgan fingerprint density at radius 2 is 1.17 bits per heavy atom. The fourth-order valence-corrected chi connectivity index (χ4v) is 3.92. The van der Waals surface area contributed by atoms with Gasteiger partial charge in [0.15, 0.2) is 0 Å². The van der Waals surface area contributed by atoms with Gasteiger partial charge in [0, 0.05) is 38.3 Å². The molecule has 1 saturated heterocycles. The average Bonchev–Trinajstić information content (AvgIpc) is 2.63. The van der Waals surface area contributed by atoms with E-state index in [2.05, 4.69) is 32.9 Å². The minimum atomic E-state index is 0.908. The summed E-state index contributed by atoms with van der Waals surface area (Å²) in [6.07, 6.45) is 1.19. The van der Waals surface area contributed by atoms with Gasteiger partial charge in [-0.3, -0.25) is 0 Å². The van der Waals surface area contributed by atoms with E-state index in [-0.39, 0.29) is 0 Å². The van der Waals surface area contributed by atoms with Crippen molar-refractivity contribution in [1.29, 1.82) is 0 Å². The Balaban J connectivity index is 1.54. The number of rotatable bonds is 6. The monoisotopic (exact) mass is 344 g/mol. The molecule has 2 aromatic carbocycles. The first-order chi connectivity index (χ1) is 11.8. The van der Waals surface area contributed by atoms with Gasteiger partial charge < -0.3 is 9.47 Å². The van der Waals surface area contributed by atoms with Crippen LogP contribution >= 0.6 is 12.1 Å². The van der Waals surface area contributed by atoms with Crippen molar-refractivity contribution < 1.29 is 9.47 Å². The smallest absolute Gasteiger partial charge is 0.118 e. The van der Waals surface area contributed by atoms with Gasteiger partial charge in [-0.05, 0) is 41.8 Å². The largest absolute Gasteiger partial charge is 0.497 e. The van der Waals surface area contributed by atoms with Gasteiger partial charge in [-0.1, -0.05) is 24.3 Å². The van der Waals surface area contributed by atoms with Crippen molar-refractivity contribution in [3.05, 3.63) is 59.7 Å². The molecule has 0 aliphatic carbocycles. The molecule has 3 rings (SSSR count). The quantitative estimate of drug-likeness (QED) is 0.738. The summed E-state index contributed by atoms with van der Waals surface area (Å²) in [6.45, 7) is 4.15. The van der Waals surface area contributed by atoms with Crippen LogP contribution < -0.4 is 9.47 Å². The molecule has 0 unspecified atom stereocenters. The average molecular weight is 344 g/mol. The van der Waals surface area contributed by atoms with E-state index in [1.165, 1.54) is 17.5 Å². The van der Waals surface area contributed by atoms with Gasteiger partial charge in [-0.2, -0.15) is 0 Å². The Morgan fingerprint density at radius 1 is 0.750 bits per heavy atom. The summed E-state index contributed by atoms with van der Waals surface area (Å²) < 4.78 is 15.3. The van der Waals surface area contributed by atoms with Crippen LogP contribution in [-0.4, -0.2) is 35.9 Å². The van der Waals surface area contributed by atoms with E-state index in [1.807, 2.05) is 36.4 Å². The van der Waals surface area contributed by atoms with Gasteiger partial charge >= 0.3 is 0 Å². The zero-order valence-electron chi connectivity index (χ0n) is 14.3. The van der Waals surface area contributed by atoms with Gasteiger partial charge in [-0.15, -0.1) is 0 Å². The maximum absolute atomic E-state index is 5.22. The second kappa shape index (κ2) is 8.42. The molecule has 0 bridgehead atoms. The maximum Gasteiger partial charge on any atom is 0.118 e. The van der Waals surface area contributed by atoms with Crippen LogP contribution in [0.3, 0.4) is 0 Å². The van der Waals surface area contributed by atoms with Crippen molar-refractivity contribution in [2.75, 3.05) is 27.3 Å². The lowest BCUT2D eigenvalue weighted by atomic mass is 10.2. The fraction of sp³-hybridized carbons (Fsp3) is 0.368. The van der Waals surface area contributed by atoms with Crippen molar-refractivity contribution in [2.45, 2.75) is 19.5 Å². The first-order valence-electron chi connectivity index (χ1n) is 8.20. The van der Waals surface area contributed by atoms with Crippen molar-refractivity contribution >= 4 is 12.1 Å². The third-order valence-corrected chi connectivity index (χ3v) is 5.17. The molecule has 24 heavy (non-hydrogen) atoms. The van der Waals surface area contributed by atoms with Crippen molar-refractivity contribution in [1.82, 2.24) is 8.61 Å². The summed E-state index contributed by atoms with van der Waals surface area (Å²) in [5, 5.41) is 0. The Labute approximate surface area is 148 Å². The lowest BCUT2D eigenvalue weighted by molar-refractivity contribution is 0.335. The van der Waals surface area contributed by atoms with E-state index in [9.17, 15) is 0 Å². The van der Waals surface area contributed by atoms with E-state index >= 15 is 0 Å². The Kier molecular flexibility index (Phi) is 6.01. The molecule has 0 atom stereocenters. The lowest BCUT2D eigenvalue weighted by Crippen LogP contribution is -2.33. The second-order valence-corrected chi connectivity index (χ2v) is 7.05. The highest BCUT2D eigenvalue weighted by Crippen LogP contribution is 2.27. The Morgan fingerprint density at radius 3 is 1.54 bits per heavy atom. The summed E-state index contributed by atoms with van der Waals surface area (Å²) in [5.41, 5.74) is 2.63. The molecule has 1 aliphatic heterocycles. The van der Waals surface area contributed by atoms with Crippen LogP contribution in [0.25, 0.3) is 0 Å². The van der Waals surface area contributed by atoms with E-state index in [1.54, 1.807) is 14.2 Å². The summed E-state index contributed by atoms with van der Waals surface area (Å²) in [4.78, 5) is 0. The van der Waals surface area contributed by atoms with Gasteiger partial charge in [-0.25, -0.2) is 8.61 Å². The van der Waals surface area contributed by atoms with Gasteiger partial charge in [0.2, 0.25) is 0 Å². The van der Waals surface area contributed by atoms with Crippen molar-refractivity contribution in [3.8, 4) is 11.5 Å². The second-order valence-electron chi connectivity index (χ2n) is 5.86. The first-order valence-corrected chi connectivity index (χ1v) is 8.93. The van der Waals surface area contributed by atoms with Crippen LogP contribution in [0.4, 0.5) is 0 Å². The van der Waals surface area contributed by atoms with Gasteiger partial charge in [0.05, 0.1) is 14.2 Å². The molecule has 2 aromatic rings. The number of hydrogen-bond acceptors (Lipinski definition) is 5. The number of methoxy groups -OCH3 is 2. The molecule has 0 spiro atoms. The van der Waals surface area contributed by atoms with Crippen LogP contribution in [0.15, 0.2) is 48.5 Å². The van der Waals surface area contributed by atoms with Crippen molar-refractivity contribution in [2.24, 2.45) is 0 Å². The maximum atomic E-state index is 5.22. The number of nitrogens with zero attached hydrogens (tertiary/aromatic N) is 2. The predicted molar refractivity (Wildman–Crippen MR) is 99.0 cm³/mol. The lowest BCUT2D eigenvalue weighted by Gasteiger charge is -2.33. The molecule has 4 nitrogen and oxygen atoms in total. The molecular weight excluding hydrogens is 320 g/mol. The number of hydrogen-bond donors (Lipinski definition) is 0. The molecule has 0 saturated carbocycles. The summed E-state index contributed by atoms with van der Waals surface area (Å²) in [5.74, 6) is 1.82. The van der Waals surface area contributed by atoms with Crippen LogP contribution in [0.5, 0.6) is 11.5 Å². The molecular formula is C19H24N2O2S. The third kappa shape index (κ3) is 4.66. The van der Waals surface area contributed by atoms with E-state index in [0.717, 1.165) is 37.7 Å². The Hall–Kier alpha value is -1.69. The molecule has 1 fully saturated rings. The SMILES string of the molecule is COc1ccc(CN2CCCN(Cc3ccc(OC)cc3)S2)cc1. The molecule has 5 heteroatoms. The van der Waals surface area contributed by atoms with Gasteiger partial charge in [0.25, 0.3) is 0 Å². The molecule has 1 heterocycles. The zero-order chi connectivity index (χ0) is 16.8. The number of ether oxygens (including phenoxy) is 2. The molecule has 1 aliphatic rings. The molecule has 0 radical (unpaired) electrons. The summed E-state index contributed by atoms with van der Waals surface area (Å²) in [7, 11) is 3.40. The van der Waals surface area contributed by atoms with Crippen molar-refractivity contribution in [3.63, 3.8) is 0 Å². The standard InChI is InChI=1S/C19H24N2O2S/c1-22-18-8-4-16(5-9-18)14-20-12-3-13-21(24-20)15-17-6-10-19(23-2)11-7-17/h4-11H,3,12-15H2,1-2H3. The third-order valence-electron chi connectivity index (χ3n) is 4.08. The van der Waals surface area contributed by atoms with Crippen LogP contribution in [-0.2, 0) is 13.1 Å². The van der Waals surface area contributed by atoms with E-state index < -0.39 is 0 Å². The topological polar surface area (TPSA) is 24.9 Å². The first kappa shape index (κ1) is 17.1. The summed E-state index contributed by atoms with van der Waals surface area (Å²) >= 11 is 1.85.